The molecule has 1 aromatic carbocycles. The minimum Gasteiger partial charge on any atom is -0.329 e. The molecule has 18 heavy (non-hydrogen) atoms. The third-order valence-corrected chi connectivity index (χ3v) is 3.22. The maximum atomic E-state index is 5.39. The van der Waals surface area contributed by atoms with Gasteiger partial charge in [0.1, 0.15) is 0 Å². The minimum absolute atomic E-state index is 0.675. The van der Waals surface area contributed by atoms with Gasteiger partial charge in [-0.1, -0.05) is 12.1 Å². The molecule has 0 bridgehead atoms. The van der Waals surface area contributed by atoms with E-state index < -0.39 is 0 Å². The molecule has 0 saturated carbocycles. The largest absolute Gasteiger partial charge is 0.329 e. The molecule has 0 spiro atoms. The molecule has 2 heterocycles. The Kier molecular flexibility index (Phi) is 2.52. The van der Waals surface area contributed by atoms with Crippen LogP contribution in [-0.2, 0) is 0 Å². The van der Waals surface area contributed by atoms with Gasteiger partial charge in [0.05, 0.1) is 11.2 Å². The van der Waals surface area contributed by atoms with Crippen molar-refractivity contribution < 1.29 is 0 Å². The molecule has 0 aliphatic rings. The Morgan fingerprint density at radius 1 is 1.17 bits per heavy atom. The molecule has 0 saturated heterocycles. The van der Waals surface area contributed by atoms with Crippen LogP contribution in [0.15, 0.2) is 36.4 Å². The average molecular weight is 255 g/mol. The van der Waals surface area contributed by atoms with E-state index in [0.29, 0.717) is 4.77 Å². The fourth-order valence-corrected chi connectivity index (χ4v) is 2.39. The lowest BCUT2D eigenvalue weighted by atomic mass is 10.2. The molecular formula is C14H13N3S. The Hall–Kier alpha value is -1.94. The number of hydrogen-bond donors (Lipinski definition) is 1. The van der Waals surface area contributed by atoms with Gasteiger partial charge in [-0.15, -0.1) is 0 Å². The molecule has 0 amide bonds. The third kappa shape index (κ3) is 1.75. The summed E-state index contributed by atoms with van der Waals surface area (Å²) in [5.74, 6) is 0. The van der Waals surface area contributed by atoms with Gasteiger partial charge in [-0.25, -0.2) is 4.98 Å². The second-order valence-electron chi connectivity index (χ2n) is 4.43. The molecule has 0 radical (unpaired) electrons. The number of aromatic amines is 1. The van der Waals surface area contributed by atoms with Crippen molar-refractivity contribution in [3.05, 3.63) is 52.4 Å². The molecule has 3 aromatic rings. The summed E-state index contributed by atoms with van der Waals surface area (Å²) in [5, 5.41) is 0. The third-order valence-electron chi connectivity index (χ3n) is 2.93. The van der Waals surface area contributed by atoms with Crippen LogP contribution in [0, 0.1) is 18.6 Å². The molecule has 0 atom stereocenters. The van der Waals surface area contributed by atoms with Crippen LogP contribution in [0.25, 0.3) is 16.9 Å². The van der Waals surface area contributed by atoms with Gasteiger partial charge in [-0.2, -0.15) is 0 Å². The Labute approximate surface area is 110 Å². The van der Waals surface area contributed by atoms with Crippen molar-refractivity contribution >= 4 is 23.4 Å². The highest BCUT2D eigenvalue weighted by atomic mass is 32.1. The Morgan fingerprint density at radius 3 is 2.78 bits per heavy atom. The number of aryl methyl sites for hydroxylation is 2. The molecular weight excluding hydrogens is 242 g/mol. The number of aromatic nitrogens is 3. The number of rotatable bonds is 1. The van der Waals surface area contributed by atoms with Crippen molar-refractivity contribution in [2.24, 2.45) is 0 Å². The highest BCUT2D eigenvalue weighted by Gasteiger charge is 2.07. The summed E-state index contributed by atoms with van der Waals surface area (Å²) in [5.41, 5.74) is 5.08. The highest BCUT2D eigenvalue weighted by Crippen LogP contribution is 2.18. The molecule has 0 aliphatic heterocycles. The molecule has 3 rings (SSSR count). The van der Waals surface area contributed by atoms with Crippen molar-refractivity contribution in [2.45, 2.75) is 13.8 Å². The van der Waals surface area contributed by atoms with Crippen LogP contribution in [-0.4, -0.2) is 14.5 Å². The summed E-state index contributed by atoms with van der Waals surface area (Å²) < 4.78 is 2.65. The van der Waals surface area contributed by atoms with Crippen LogP contribution < -0.4 is 0 Å². The summed E-state index contributed by atoms with van der Waals surface area (Å²) in [6.45, 7) is 4.05. The zero-order chi connectivity index (χ0) is 12.7. The first-order valence-corrected chi connectivity index (χ1v) is 6.21. The summed E-state index contributed by atoms with van der Waals surface area (Å²) in [4.78, 5) is 7.76. The van der Waals surface area contributed by atoms with Gasteiger partial charge in [-0.3, -0.25) is 4.57 Å². The van der Waals surface area contributed by atoms with Gasteiger partial charge in [-0.05, 0) is 55.9 Å². The normalized spacial score (nSPS) is 11.0. The number of hydrogen-bond acceptors (Lipinski definition) is 2. The van der Waals surface area contributed by atoms with Gasteiger partial charge in [0.2, 0.25) is 0 Å². The van der Waals surface area contributed by atoms with Crippen LogP contribution in [0.5, 0.6) is 0 Å². The number of benzene rings is 1. The van der Waals surface area contributed by atoms with Crippen LogP contribution in [0.4, 0.5) is 0 Å². The van der Waals surface area contributed by atoms with E-state index in [-0.39, 0.29) is 0 Å². The van der Waals surface area contributed by atoms with E-state index >= 15 is 0 Å². The zero-order valence-corrected chi connectivity index (χ0v) is 11.1. The van der Waals surface area contributed by atoms with Gasteiger partial charge >= 0.3 is 0 Å². The quantitative estimate of drug-likeness (QED) is 0.673. The topological polar surface area (TPSA) is 33.6 Å². The Balaban J connectivity index is 2.38. The fourth-order valence-electron chi connectivity index (χ4n) is 2.08. The fraction of sp³-hybridized carbons (Fsp3) is 0.143. The summed E-state index contributed by atoms with van der Waals surface area (Å²) in [6, 6.07) is 12.2. The van der Waals surface area contributed by atoms with E-state index in [0.717, 1.165) is 22.5 Å². The molecule has 4 heteroatoms. The lowest BCUT2D eigenvalue weighted by Gasteiger charge is -2.05. The van der Waals surface area contributed by atoms with Crippen molar-refractivity contribution in [3.63, 3.8) is 0 Å². The van der Waals surface area contributed by atoms with Gasteiger partial charge in [0.15, 0.2) is 10.4 Å². The number of nitrogens with zero attached hydrogens (tertiary/aromatic N) is 2. The number of fused-ring (bicyclic) bond motifs is 1. The Morgan fingerprint density at radius 2 is 2.00 bits per heavy atom. The smallest absolute Gasteiger partial charge is 0.183 e. The average Bonchev–Trinajstić information content (AvgIpc) is 2.64. The van der Waals surface area contributed by atoms with E-state index in [2.05, 4.69) is 29.0 Å². The summed E-state index contributed by atoms with van der Waals surface area (Å²) >= 11 is 5.39. The SMILES string of the molecule is Cc1cccc(-n2c(=S)[nH]c3ccc(C)nc32)c1. The van der Waals surface area contributed by atoms with Gasteiger partial charge in [0, 0.05) is 5.69 Å². The monoisotopic (exact) mass is 255 g/mol. The summed E-state index contributed by atoms with van der Waals surface area (Å²) in [7, 11) is 0. The van der Waals surface area contributed by atoms with Crippen LogP contribution in [0.3, 0.4) is 0 Å². The molecule has 2 aromatic heterocycles. The lowest BCUT2D eigenvalue weighted by molar-refractivity contribution is 1.03. The minimum atomic E-state index is 0.675. The maximum absolute atomic E-state index is 5.39. The second-order valence-corrected chi connectivity index (χ2v) is 4.82. The number of imidazole rings is 1. The van der Waals surface area contributed by atoms with Crippen LogP contribution >= 0.6 is 12.2 Å². The molecule has 90 valence electrons. The number of pyridine rings is 1. The maximum Gasteiger partial charge on any atom is 0.183 e. The number of H-pyrrole nitrogens is 1. The van der Waals surface area contributed by atoms with Crippen LogP contribution in [0.2, 0.25) is 0 Å². The molecule has 0 unspecified atom stereocenters. The highest BCUT2D eigenvalue weighted by molar-refractivity contribution is 7.71. The first-order chi connectivity index (χ1) is 8.65. The van der Waals surface area contributed by atoms with Crippen molar-refractivity contribution in [1.82, 2.24) is 14.5 Å². The predicted molar refractivity (Wildman–Crippen MR) is 75.7 cm³/mol. The summed E-state index contributed by atoms with van der Waals surface area (Å²) in [6.07, 6.45) is 0. The van der Waals surface area contributed by atoms with Crippen molar-refractivity contribution in [3.8, 4) is 5.69 Å². The molecule has 0 fully saturated rings. The van der Waals surface area contributed by atoms with E-state index in [1.807, 2.05) is 35.8 Å². The first-order valence-electron chi connectivity index (χ1n) is 5.80. The van der Waals surface area contributed by atoms with Crippen molar-refractivity contribution in [1.29, 1.82) is 0 Å². The molecule has 1 N–H and O–H groups in total. The van der Waals surface area contributed by atoms with E-state index in [1.165, 1.54) is 5.56 Å². The van der Waals surface area contributed by atoms with E-state index in [1.54, 1.807) is 0 Å². The zero-order valence-electron chi connectivity index (χ0n) is 10.3. The molecule has 0 aliphatic carbocycles. The second kappa shape index (κ2) is 4.07. The first kappa shape index (κ1) is 11.2. The number of nitrogens with one attached hydrogen (secondary N) is 1. The van der Waals surface area contributed by atoms with Gasteiger partial charge < -0.3 is 4.98 Å². The van der Waals surface area contributed by atoms with Gasteiger partial charge in [0.25, 0.3) is 0 Å². The van der Waals surface area contributed by atoms with E-state index in [4.69, 9.17) is 12.2 Å². The standard InChI is InChI=1S/C14H13N3S/c1-9-4-3-5-11(8-9)17-13-12(16-14(17)18)7-6-10(2)15-13/h3-8H,1-2H3,(H,16,18). The Bertz CT molecular complexity index is 783. The molecule has 3 nitrogen and oxygen atoms in total. The van der Waals surface area contributed by atoms with Crippen LogP contribution in [0.1, 0.15) is 11.3 Å². The van der Waals surface area contributed by atoms with Crippen molar-refractivity contribution in [2.75, 3.05) is 0 Å². The predicted octanol–water partition coefficient (Wildman–Crippen LogP) is 3.70. The van der Waals surface area contributed by atoms with E-state index in [9.17, 15) is 0 Å². The lowest BCUT2D eigenvalue weighted by Crippen LogP contribution is -1.96.